The number of hydrogen-bond acceptors (Lipinski definition) is 6. The fraction of sp³-hybridized carbons (Fsp3) is 0.129. The minimum absolute atomic E-state index is 0.0190. The highest BCUT2D eigenvalue weighted by Crippen LogP contribution is 2.41. The van der Waals surface area contributed by atoms with Gasteiger partial charge in [0.05, 0.1) is 34.6 Å². The molecule has 0 aliphatic carbocycles. The Labute approximate surface area is 255 Å². The van der Waals surface area contributed by atoms with Gasteiger partial charge >= 0.3 is 12.4 Å². The van der Waals surface area contributed by atoms with Gasteiger partial charge in [0.15, 0.2) is 5.82 Å². The number of aliphatic hydroxyl groups is 1. The standard InChI is InChI=1S/C31H21F7N6O2/c1-43-25-10-8-19(46-20-11-12-39-23(15-20)28-40-24(16-45)27(42-28)31(36,37)38)14-22(25)41-29(43)44(18-5-3-2-4-6-18)26-13-17(30(33,34)35)7-9-21(26)32/h2-15,45H,16H2,1H3,(H,40,42). The number of aromatic amines is 1. The summed E-state index contributed by atoms with van der Waals surface area (Å²) in [5.74, 6) is -0.563. The van der Waals surface area contributed by atoms with Gasteiger partial charge in [0, 0.05) is 31.1 Å². The molecule has 3 heterocycles. The number of aromatic nitrogens is 5. The van der Waals surface area contributed by atoms with Gasteiger partial charge in [0.1, 0.15) is 28.7 Å². The molecule has 6 aromatic rings. The number of H-pyrrole nitrogens is 1. The third-order valence-corrected chi connectivity index (χ3v) is 6.98. The van der Waals surface area contributed by atoms with Crippen molar-refractivity contribution < 1.29 is 40.6 Å². The molecule has 46 heavy (non-hydrogen) atoms. The largest absolute Gasteiger partial charge is 0.457 e. The number of alkyl halides is 6. The van der Waals surface area contributed by atoms with Crippen molar-refractivity contribution in [1.82, 2.24) is 24.5 Å². The summed E-state index contributed by atoms with van der Waals surface area (Å²) >= 11 is 0. The van der Waals surface area contributed by atoms with Crippen molar-refractivity contribution >= 4 is 28.4 Å². The summed E-state index contributed by atoms with van der Waals surface area (Å²) in [7, 11) is 1.63. The molecule has 0 aliphatic heterocycles. The van der Waals surface area contributed by atoms with Gasteiger partial charge in [-0.25, -0.2) is 14.4 Å². The molecule has 0 aliphatic rings. The van der Waals surface area contributed by atoms with Crippen LogP contribution < -0.4 is 9.64 Å². The Morgan fingerprint density at radius 2 is 1.61 bits per heavy atom. The van der Waals surface area contributed by atoms with Crippen molar-refractivity contribution in [3.8, 4) is 23.0 Å². The summed E-state index contributed by atoms with van der Waals surface area (Å²) < 4.78 is 103. The van der Waals surface area contributed by atoms with Crippen LogP contribution in [0.1, 0.15) is 17.0 Å². The zero-order valence-electron chi connectivity index (χ0n) is 23.5. The van der Waals surface area contributed by atoms with E-state index in [1.165, 1.54) is 23.2 Å². The molecule has 3 aromatic heterocycles. The average Bonchev–Trinajstić information content (AvgIpc) is 3.60. The number of halogens is 7. The number of para-hydroxylation sites is 1. The van der Waals surface area contributed by atoms with Crippen LogP contribution >= 0.6 is 0 Å². The van der Waals surface area contributed by atoms with Crippen LogP contribution in [0.2, 0.25) is 0 Å². The number of rotatable bonds is 7. The van der Waals surface area contributed by atoms with Crippen LogP contribution in [0.25, 0.3) is 22.6 Å². The molecule has 0 amide bonds. The number of nitrogens with zero attached hydrogens (tertiary/aromatic N) is 5. The first-order valence-electron chi connectivity index (χ1n) is 13.4. The molecule has 0 saturated carbocycles. The summed E-state index contributed by atoms with van der Waals surface area (Å²) in [6, 6.07) is 18.0. The highest BCUT2D eigenvalue weighted by molar-refractivity contribution is 5.84. The van der Waals surface area contributed by atoms with Gasteiger partial charge in [-0.15, -0.1) is 0 Å². The highest BCUT2D eigenvalue weighted by atomic mass is 19.4. The van der Waals surface area contributed by atoms with Crippen LogP contribution in [0.4, 0.5) is 48.1 Å². The lowest BCUT2D eigenvalue weighted by Crippen LogP contribution is -2.17. The number of aliphatic hydroxyl groups excluding tert-OH is 1. The Bertz CT molecular complexity index is 2040. The van der Waals surface area contributed by atoms with E-state index in [0.717, 1.165) is 12.1 Å². The zero-order chi connectivity index (χ0) is 32.8. The second kappa shape index (κ2) is 11.5. The van der Waals surface area contributed by atoms with Crippen LogP contribution in [0.3, 0.4) is 0 Å². The van der Waals surface area contributed by atoms with E-state index in [-0.39, 0.29) is 34.7 Å². The van der Waals surface area contributed by atoms with Crippen molar-refractivity contribution in [1.29, 1.82) is 0 Å². The van der Waals surface area contributed by atoms with Gasteiger partial charge < -0.3 is 19.4 Å². The second-order valence-corrected chi connectivity index (χ2v) is 10.00. The number of anilines is 3. The smallest absolute Gasteiger partial charge is 0.433 e. The lowest BCUT2D eigenvalue weighted by atomic mass is 10.1. The maximum atomic E-state index is 15.2. The van der Waals surface area contributed by atoms with Crippen molar-refractivity contribution in [3.05, 3.63) is 108 Å². The molecule has 0 fully saturated rings. The number of hydrogen-bond donors (Lipinski definition) is 2. The van der Waals surface area contributed by atoms with Crippen LogP contribution in [0.5, 0.6) is 11.5 Å². The quantitative estimate of drug-likeness (QED) is 0.170. The van der Waals surface area contributed by atoms with Gasteiger partial charge in [-0.3, -0.25) is 9.88 Å². The lowest BCUT2D eigenvalue weighted by molar-refractivity contribution is -0.142. The van der Waals surface area contributed by atoms with Gasteiger partial charge in [0.25, 0.3) is 0 Å². The topological polar surface area (TPSA) is 92.1 Å². The Balaban J connectivity index is 1.37. The van der Waals surface area contributed by atoms with E-state index >= 15 is 4.39 Å². The molecule has 0 atom stereocenters. The number of fused-ring (bicyclic) bond motifs is 1. The van der Waals surface area contributed by atoms with Crippen molar-refractivity contribution in [2.45, 2.75) is 19.0 Å². The summed E-state index contributed by atoms with van der Waals surface area (Å²) in [5.41, 5.74) is -1.90. The van der Waals surface area contributed by atoms with Crippen molar-refractivity contribution in [2.24, 2.45) is 7.05 Å². The normalized spacial score (nSPS) is 12.1. The number of pyridine rings is 1. The predicted octanol–water partition coefficient (Wildman–Crippen LogP) is 8.29. The van der Waals surface area contributed by atoms with E-state index in [1.54, 1.807) is 60.1 Å². The maximum absolute atomic E-state index is 15.2. The van der Waals surface area contributed by atoms with E-state index in [1.807, 2.05) is 0 Å². The summed E-state index contributed by atoms with van der Waals surface area (Å²) in [6.45, 7) is -0.935. The van der Waals surface area contributed by atoms with Gasteiger partial charge in [0.2, 0.25) is 5.95 Å². The fourth-order valence-corrected chi connectivity index (χ4v) is 4.85. The maximum Gasteiger partial charge on any atom is 0.433 e. The van der Waals surface area contributed by atoms with Crippen LogP contribution in [-0.2, 0) is 26.0 Å². The number of aryl methyl sites for hydroxylation is 1. The SMILES string of the molecule is Cn1c(N(c2ccccc2)c2cc(C(F)(F)F)ccc2F)nc2cc(Oc3ccnc(-c4nc(CO)c(C(F)(F)F)[nH]4)c3)ccc21. The van der Waals surface area contributed by atoms with Crippen molar-refractivity contribution in [3.63, 3.8) is 0 Å². The molecule has 236 valence electrons. The minimum atomic E-state index is -4.77. The molecule has 0 bridgehead atoms. The number of imidazole rings is 2. The molecule has 6 rings (SSSR count). The molecule has 0 saturated heterocycles. The predicted molar refractivity (Wildman–Crippen MR) is 153 cm³/mol. The molecular formula is C31H21F7N6O2. The third kappa shape index (κ3) is 5.83. The Hall–Kier alpha value is -5.44. The molecule has 3 aromatic carbocycles. The fourth-order valence-electron chi connectivity index (χ4n) is 4.85. The van der Waals surface area contributed by atoms with Crippen LogP contribution in [-0.4, -0.2) is 29.6 Å². The van der Waals surface area contributed by atoms with Crippen molar-refractivity contribution in [2.75, 3.05) is 4.90 Å². The van der Waals surface area contributed by atoms with Crippen LogP contribution in [0.15, 0.2) is 85.1 Å². The summed E-state index contributed by atoms with van der Waals surface area (Å²) in [6.07, 6.45) is -8.18. The molecule has 2 N–H and O–H groups in total. The Morgan fingerprint density at radius 1 is 0.870 bits per heavy atom. The van der Waals surface area contributed by atoms with Gasteiger partial charge in [-0.2, -0.15) is 26.3 Å². The number of ether oxygens (including phenoxy) is 1. The summed E-state index contributed by atoms with van der Waals surface area (Å²) in [5, 5.41) is 9.32. The third-order valence-electron chi connectivity index (χ3n) is 6.98. The first kappa shape index (κ1) is 30.6. The van der Waals surface area contributed by atoms with E-state index in [0.29, 0.717) is 22.8 Å². The molecule has 8 nitrogen and oxygen atoms in total. The molecule has 0 radical (unpaired) electrons. The highest BCUT2D eigenvalue weighted by Gasteiger charge is 2.37. The molecular weight excluding hydrogens is 621 g/mol. The van der Waals surface area contributed by atoms with E-state index in [4.69, 9.17) is 4.74 Å². The Kier molecular flexibility index (Phi) is 7.64. The first-order chi connectivity index (χ1) is 21.8. The minimum Gasteiger partial charge on any atom is -0.457 e. The average molecular weight is 643 g/mol. The first-order valence-corrected chi connectivity index (χ1v) is 13.4. The number of nitrogens with one attached hydrogen (secondary N) is 1. The second-order valence-electron chi connectivity index (χ2n) is 10.00. The molecule has 15 heteroatoms. The van der Waals surface area contributed by atoms with Gasteiger partial charge in [-0.1, -0.05) is 18.2 Å². The monoisotopic (exact) mass is 642 g/mol. The Morgan fingerprint density at radius 3 is 2.28 bits per heavy atom. The van der Waals surface area contributed by atoms with E-state index in [2.05, 4.69) is 19.9 Å². The lowest BCUT2D eigenvalue weighted by Gasteiger charge is -2.25. The van der Waals surface area contributed by atoms with Gasteiger partial charge in [-0.05, 0) is 48.5 Å². The number of benzene rings is 3. The molecule has 0 unspecified atom stereocenters. The summed E-state index contributed by atoms with van der Waals surface area (Å²) in [4.78, 5) is 15.9. The van der Waals surface area contributed by atoms with E-state index < -0.39 is 41.7 Å². The zero-order valence-corrected chi connectivity index (χ0v) is 23.5. The van der Waals surface area contributed by atoms with Crippen LogP contribution in [0, 0.1) is 5.82 Å². The van der Waals surface area contributed by atoms with E-state index in [9.17, 15) is 31.4 Å². The molecule has 0 spiro atoms.